The second kappa shape index (κ2) is 8.74. The van der Waals surface area contributed by atoms with Crippen molar-refractivity contribution in [3.8, 4) is 0 Å². The zero-order valence-corrected chi connectivity index (χ0v) is 18.7. The second-order valence-corrected chi connectivity index (χ2v) is 7.62. The van der Waals surface area contributed by atoms with Gasteiger partial charge in [0.25, 0.3) is 17.6 Å². The van der Waals surface area contributed by atoms with E-state index >= 15 is 0 Å². The molecular weight excluding hydrogens is 417 g/mol. The highest BCUT2D eigenvalue weighted by Crippen LogP contribution is 2.24. The van der Waals surface area contributed by atoms with E-state index in [0.717, 1.165) is 0 Å². The lowest BCUT2D eigenvalue weighted by molar-refractivity contribution is -0.117. The van der Waals surface area contributed by atoms with Gasteiger partial charge < -0.3 is 19.7 Å². The maximum Gasteiger partial charge on any atom is 0.294 e. The first kappa shape index (κ1) is 22.9. The molecule has 0 saturated heterocycles. The molecule has 2 heterocycles. The molecule has 10 heteroatoms. The van der Waals surface area contributed by atoms with Gasteiger partial charge in [0, 0.05) is 18.4 Å². The number of carbonyl (C=O) groups excluding carboxylic acids is 3. The van der Waals surface area contributed by atoms with Crippen molar-refractivity contribution in [2.75, 3.05) is 5.32 Å². The van der Waals surface area contributed by atoms with Gasteiger partial charge in [-0.25, -0.2) is 4.39 Å². The first-order valence-corrected chi connectivity index (χ1v) is 9.90. The SMILES string of the molecule is Cc1noc(C(C)NC(=O)C(=O)c2c(C)c(C(=O)Nc3ccc(F)c(C)c3)c(C)n2C)n1. The molecule has 32 heavy (non-hydrogen) atoms. The summed E-state index contributed by atoms with van der Waals surface area (Å²) in [6.07, 6.45) is 0. The Morgan fingerprint density at radius 2 is 1.84 bits per heavy atom. The molecule has 3 rings (SSSR count). The first-order valence-electron chi connectivity index (χ1n) is 9.90. The van der Waals surface area contributed by atoms with Crippen LogP contribution in [0.15, 0.2) is 22.7 Å². The molecule has 0 aliphatic heterocycles. The normalized spacial score (nSPS) is 11.8. The summed E-state index contributed by atoms with van der Waals surface area (Å²) in [5.41, 5.74) is 2.05. The van der Waals surface area contributed by atoms with Gasteiger partial charge in [-0.1, -0.05) is 5.16 Å². The minimum Gasteiger partial charge on any atom is -0.344 e. The van der Waals surface area contributed by atoms with E-state index in [2.05, 4.69) is 20.8 Å². The smallest absolute Gasteiger partial charge is 0.294 e. The van der Waals surface area contributed by atoms with Crippen molar-refractivity contribution in [3.05, 3.63) is 63.8 Å². The molecule has 2 aromatic heterocycles. The number of carbonyl (C=O) groups is 3. The summed E-state index contributed by atoms with van der Waals surface area (Å²) in [6, 6.07) is 3.56. The number of hydrogen-bond donors (Lipinski definition) is 2. The van der Waals surface area contributed by atoms with Crippen molar-refractivity contribution in [3.63, 3.8) is 0 Å². The lowest BCUT2D eigenvalue weighted by Gasteiger charge is -2.10. The Bertz CT molecular complexity index is 1230. The fraction of sp³-hybridized carbons (Fsp3) is 0.318. The van der Waals surface area contributed by atoms with E-state index in [1.165, 1.54) is 22.8 Å². The Hall–Kier alpha value is -3.82. The zero-order valence-electron chi connectivity index (χ0n) is 18.7. The topological polar surface area (TPSA) is 119 Å². The number of aromatic nitrogens is 3. The second-order valence-electron chi connectivity index (χ2n) is 7.62. The van der Waals surface area contributed by atoms with E-state index in [9.17, 15) is 18.8 Å². The van der Waals surface area contributed by atoms with Crippen LogP contribution in [0, 0.1) is 33.5 Å². The number of benzene rings is 1. The zero-order chi connectivity index (χ0) is 23.7. The number of anilines is 1. The van der Waals surface area contributed by atoms with Crippen LogP contribution in [-0.2, 0) is 11.8 Å². The Labute approximate surface area is 184 Å². The highest BCUT2D eigenvalue weighted by atomic mass is 19.1. The van der Waals surface area contributed by atoms with E-state index in [-0.39, 0.29) is 23.0 Å². The summed E-state index contributed by atoms with van der Waals surface area (Å²) in [7, 11) is 1.60. The minimum atomic E-state index is -0.863. The van der Waals surface area contributed by atoms with Crippen LogP contribution in [0.1, 0.15) is 62.3 Å². The van der Waals surface area contributed by atoms with Gasteiger partial charge >= 0.3 is 0 Å². The van der Waals surface area contributed by atoms with Gasteiger partial charge in [-0.15, -0.1) is 0 Å². The molecule has 2 N–H and O–H groups in total. The predicted octanol–water partition coefficient (Wildman–Crippen LogP) is 3.09. The summed E-state index contributed by atoms with van der Waals surface area (Å²) in [6.45, 7) is 8.13. The minimum absolute atomic E-state index is 0.0920. The summed E-state index contributed by atoms with van der Waals surface area (Å²) in [4.78, 5) is 42.5. The van der Waals surface area contributed by atoms with Crippen molar-refractivity contribution >= 4 is 23.3 Å². The molecule has 2 amide bonds. The Kier molecular flexibility index (Phi) is 6.24. The van der Waals surface area contributed by atoms with Crippen molar-refractivity contribution in [2.45, 2.75) is 40.7 Å². The van der Waals surface area contributed by atoms with Crippen LogP contribution in [0.4, 0.5) is 10.1 Å². The van der Waals surface area contributed by atoms with Crippen LogP contribution in [-0.4, -0.2) is 32.3 Å². The van der Waals surface area contributed by atoms with Crippen LogP contribution in [0.3, 0.4) is 0 Å². The highest BCUT2D eigenvalue weighted by molar-refractivity contribution is 6.43. The number of halogens is 1. The third kappa shape index (κ3) is 4.29. The van der Waals surface area contributed by atoms with E-state index in [4.69, 9.17) is 4.52 Å². The van der Waals surface area contributed by atoms with Crippen LogP contribution >= 0.6 is 0 Å². The largest absolute Gasteiger partial charge is 0.344 e. The molecule has 0 spiro atoms. The van der Waals surface area contributed by atoms with Gasteiger partial charge in [0.05, 0.1) is 11.3 Å². The molecule has 168 valence electrons. The van der Waals surface area contributed by atoms with E-state index in [1.54, 1.807) is 41.7 Å². The Morgan fingerprint density at radius 3 is 2.44 bits per heavy atom. The van der Waals surface area contributed by atoms with Crippen LogP contribution < -0.4 is 10.6 Å². The number of Topliss-reactive ketones (excluding diaryl/α,β-unsaturated/α-hetero) is 1. The number of aryl methyl sites for hydroxylation is 2. The summed E-state index contributed by atoms with van der Waals surface area (Å²) in [5, 5.41) is 8.92. The molecule has 1 unspecified atom stereocenters. The Balaban J connectivity index is 1.84. The number of rotatable bonds is 6. The number of amides is 2. The third-order valence-electron chi connectivity index (χ3n) is 5.26. The Morgan fingerprint density at radius 1 is 1.16 bits per heavy atom. The lowest BCUT2D eigenvalue weighted by Crippen LogP contribution is -2.34. The van der Waals surface area contributed by atoms with Gasteiger partial charge in [0.15, 0.2) is 5.82 Å². The molecular formula is C22H24FN5O4. The number of nitrogens with zero attached hydrogens (tertiary/aromatic N) is 3. The quantitative estimate of drug-likeness (QED) is 0.448. The average molecular weight is 441 g/mol. The van der Waals surface area contributed by atoms with Crippen molar-refractivity contribution in [2.24, 2.45) is 7.05 Å². The fourth-order valence-corrected chi connectivity index (χ4v) is 3.47. The van der Waals surface area contributed by atoms with Crippen LogP contribution in [0.25, 0.3) is 0 Å². The summed E-state index contributed by atoms with van der Waals surface area (Å²) < 4.78 is 20.0. The van der Waals surface area contributed by atoms with Gasteiger partial charge in [0.2, 0.25) is 5.89 Å². The standard InChI is InChI=1S/C22H24FN5O4/c1-10-9-15(7-8-16(10)23)26-20(30)17-11(2)18(28(6)13(17)4)19(29)21(31)24-12(3)22-25-14(5)27-32-22/h7-9,12H,1-6H3,(H,24,31)(H,26,30). The van der Waals surface area contributed by atoms with Gasteiger partial charge in [0.1, 0.15) is 11.9 Å². The summed E-state index contributed by atoms with van der Waals surface area (Å²) in [5.74, 6) is -1.91. The molecule has 1 atom stereocenters. The molecule has 0 aliphatic rings. The monoisotopic (exact) mass is 441 g/mol. The van der Waals surface area contributed by atoms with Gasteiger partial charge in [-0.3, -0.25) is 14.4 Å². The first-order chi connectivity index (χ1) is 15.0. The van der Waals surface area contributed by atoms with E-state index in [1.807, 2.05) is 0 Å². The average Bonchev–Trinajstić information content (AvgIpc) is 3.25. The number of hydrogen-bond acceptors (Lipinski definition) is 6. The van der Waals surface area contributed by atoms with Gasteiger partial charge in [-0.05, 0) is 63.9 Å². The summed E-state index contributed by atoms with van der Waals surface area (Å²) >= 11 is 0. The molecule has 1 aromatic carbocycles. The van der Waals surface area contributed by atoms with E-state index in [0.29, 0.717) is 28.3 Å². The molecule has 9 nitrogen and oxygen atoms in total. The van der Waals surface area contributed by atoms with E-state index < -0.39 is 23.6 Å². The predicted molar refractivity (Wildman–Crippen MR) is 114 cm³/mol. The van der Waals surface area contributed by atoms with Crippen LogP contribution in [0.2, 0.25) is 0 Å². The maximum absolute atomic E-state index is 13.5. The molecule has 0 bridgehead atoms. The van der Waals surface area contributed by atoms with Crippen molar-refractivity contribution in [1.29, 1.82) is 0 Å². The maximum atomic E-state index is 13.5. The highest BCUT2D eigenvalue weighted by Gasteiger charge is 2.30. The lowest BCUT2D eigenvalue weighted by atomic mass is 10.1. The third-order valence-corrected chi connectivity index (χ3v) is 5.26. The number of nitrogens with one attached hydrogen (secondary N) is 2. The molecule has 0 radical (unpaired) electrons. The molecule has 3 aromatic rings. The van der Waals surface area contributed by atoms with Crippen molar-refractivity contribution in [1.82, 2.24) is 20.0 Å². The number of ketones is 1. The molecule has 0 aliphatic carbocycles. The fourth-order valence-electron chi connectivity index (χ4n) is 3.47. The van der Waals surface area contributed by atoms with Crippen LogP contribution in [0.5, 0.6) is 0 Å². The molecule has 0 saturated carbocycles. The molecule has 0 fully saturated rings. The van der Waals surface area contributed by atoms with Crippen molar-refractivity contribution < 1.29 is 23.3 Å². The van der Waals surface area contributed by atoms with Gasteiger partial charge in [-0.2, -0.15) is 4.98 Å².